The van der Waals surface area contributed by atoms with Crippen LogP contribution >= 0.6 is 0 Å². The highest BCUT2D eigenvalue weighted by molar-refractivity contribution is 5.56. The van der Waals surface area contributed by atoms with Gasteiger partial charge in [-0.15, -0.1) is 0 Å². The minimum Gasteiger partial charge on any atom is -0.399 e. The Hall–Kier alpha value is -1.24. The third-order valence-electron chi connectivity index (χ3n) is 5.63. The Morgan fingerprint density at radius 3 is 2.21 bits per heavy atom. The fourth-order valence-electron chi connectivity index (χ4n) is 5.32. The Morgan fingerprint density at radius 1 is 1.00 bits per heavy atom. The van der Waals surface area contributed by atoms with E-state index >= 15 is 0 Å². The average Bonchev–Trinajstić information content (AvgIpc) is 2.35. The van der Waals surface area contributed by atoms with E-state index in [2.05, 4.69) is 30.4 Å². The predicted molar refractivity (Wildman–Crippen MR) is 80.5 cm³/mol. The molecule has 0 amide bonds. The van der Waals surface area contributed by atoms with E-state index in [1.54, 1.807) is 0 Å². The first kappa shape index (κ1) is 11.6. The predicted octanol–water partition coefficient (Wildman–Crippen LogP) is 4.50. The molecule has 4 bridgehead atoms. The van der Waals surface area contributed by atoms with Crippen LogP contribution in [0.3, 0.4) is 0 Å². The van der Waals surface area contributed by atoms with Crippen LogP contribution < -0.4 is 5.73 Å². The van der Waals surface area contributed by atoms with Crippen molar-refractivity contribution in [3.63, 3.8) is 0 Å². The zero-order valence-corrected chi connectivity index (χ0v) is 11.5. The molecule has 0 saturated heterocycles. The van der Waals surface area contributed by atoms with Crippen molar-refractivity contribution in [3.05, 3.63) is 35.9 Å². The van der Waals surface area contributed by atoms with Crippen LogP contribution in [0.5, 0.6) is 0 Å². The molecule has 1 heteroatoms. The van der Waals surface area contributed by atoms with Crippen LogP contribution in [-0.2, 0) is 0 Å². The second kappa shape index (κ2) is 4.13. The van der Waals surface area contributed by atoms with Crippen molar-refractivity contribution in [1.29, 1.82) is 0 Å². The third-order valence-corrected chi connectivity index (χ3v) is 5.63. The maximum absolute atomic E-state index is 5.86. The lowest BCUT2D eigenvalue weighted by Gasteiger charge is -2.55. The van der Waals surface area contributed by atoms with Crippen LogP contribution in [0, 0.1) is 23.2 Å². The van der Waals surface area contributed by atoms with E-state index in [4.69, 9.17) is 5.73 Å². The summed E-state index contributed by atoms with van der Waals surface area (Å²) in [4.78, 5) is 0. The van der Waals surface area contributed by atoms with Crippen molar-refractivity contribution < 1.29 is 0 Å². The van der Waals surface area contributed by atoms with Gasteiger partial charge in [-0.25, -0.2) is 0 Å². The summed E-state index contributed by atoms with van der Waals surface area (Å²) in [7, 11) is 0. The van der Waals surface area contributed by atoms with E-state index in [1.807, 2.05) is 6.07 Å². The summed E-state index contributed by atoms with van der Waals surface area (Å²) in [5.74, 6) is 3.07. The number of anilines is 1. The van der Waals surface area contributed by atoms with Crippen LogP contribution in [0.25, 0.3) is 6.08 Å². The molecular formula is C18H23N. The molecule has 0 atom stereocenters. The van der Waals surface area contributed by atoms with Gasteiger partial charge in [0, 0.05) is 5.69 Å². The highest BCUT2D eigenvalue weighted by atomic mass is 14.5. The lowest BCUT2D eigenvalue weighted by atomic mass is 9.49. The van der Waals surface area contributed by atoms with E-state index in [0.29, 0.717) is 5.41 Å². The molecule has 1 nitrogen and oxygen atoms in total. The maximum Gasteiger partial charge on any atom is 0.0319 e. The second-order valence-electron chi connectivity index (χ2n) is 7.28. The third kappa shape index (κ3) is 2.09. The summed E-state index contributed by atoms with van der Waals surface area (Å²) < 4.78 is 0. The number of nitrogens with two attached hydrogens (primary N) is 1. The molecule has 2 N–H and O–H groups in total. The molecule has 0 aliphatic heterocycles. The van der Waals surface area contributed by atoms with E-state index in [0.717, 1.165) is 23.4 Å². The molecule has 4 aliphatic carbocycles. The van der Waals surface area contributed by atoms with E-state index in [1.165, 1.54) is 44.1 Å². The van der Waals surface area contributed by atoms with Gasteiger partial charge in [0.1, 0.15) is 0 Å². The molecule has 1 aromatic rings. The van der Waals surface area contributed by atoms with Crippen molar-refractivity contribution in [3.8, 4) is 0 Å². The minimum absolute atomic E-state index is 0.527. The monoisotopic (exact) mass is 253 g/mol. The molecule has 100 valence electrons. The zero-order valence-electron chi connectivity index (χ0n) is 11.5. The van der Waals surface area contributed by atoms with Crippen molar-refractivity contribution in [2.45, 2.75) is 38.5 Å². The van der Waals surface area contributed by atoms with Gasteiger partial charge in [-0.1, -0.05) is 24.3 Å². The maximum atomic E-state index is 5.86. The molecule has 5 rings (SSSR count). The van der Waals surface area contributed by atoms with E-state index in [9.17, 15) is 0 Å². The van der Waals surface area contributed by atoms with Gasteiger partial charge in [-0.05, 0) is 79.4 Å². The quantitative estimate of drug-likeness (QED) is 0.772. The Morgan fingerprint density at radius 2 is 1.63 bits per heavy atom. The average molecular weight is 253 g/mol. The molecule has 19 heavy (non-hydrogen) atoms. The highest BCUT2D eigenvalue weighted by Gasteiger charge is 2.49. The standard InChI is InChI=1S/C18H23N/c19-17-3-1-2-13(9-17)4-5-18-10-14-6-15(11-18)8-16(7-14)12-18/h1-5,9,14-16H,6-8,10-12,19H2/b5-4+. The highest BCUT2D eigenvalue weighted by Crippen LogP contribution is 2.60. The smallest absolute Gasteiger partial charge is 0.0319 e. The number of benzene rings is 1. The topological polar surface area (TPSA) is 26.0 Å². The Balaban J connectivity index is 1.59. The Labute approximate surface area is 115 Å². The largest absolute Gasteiger partial charge is 0.399 e. The first-order valence-corrected chi connectivity index (χ1v) is 7.76. The molecule has 0 unspecified atom stereocenters. The molecule has 0 heterocycles. The molecule has 0 spiro atoms. The number of nitrogen functional groups attached to an aromatic ring is 1. The molecule has 0 aromatic heterocycles. The normalized spacial score (nSPS) is 40.1. The van der Waals surface area contributed by atoms with Crippen LogP contribution in [0.1, 0.15) is 44.1 Å². The molecule has 1 aromatic carbocycles. The van der Waals surface area contributed by atoms with Crippen molar-refractivity contribution in [1.82, 2.24) is 0 Å². The van der Waals surface area contributed by atoms with E-state index in [-0.39, 0.29) is 0 Å². The lowest BCUT2D eigenvalue weighted by molar-refractivity contribution is -0.0232. The Kier molecular flexibility index (Phi) is 2.51. The molecular weight excluding hydrogens is 230 g/mol. The lowest BCUT2D eigenvalue weighted by Crippen LogP contribution is -2.44. The fraction of sp³-hybridized carbons (Fsp3) is 0.556. The Bertz CT molecular complexity index is 479. The number of allylic oxidation sites excluding steroid dienone is 1. The van der Waals surface area contributed by atoms with Crippen LogP contribution in [0.15, 0.2) is 30.3 Å². The molecule has 4 fully saturated rings. The molecule has 4 aliphatic rings. The summed E-state index contributed by atoms with van der Waals surface area (Å²) in [6.45, 7) is 0. The summed E-state index contributed by atoms with van der Waals surface area (Å²) in [6.07, 6.45) is 13.7. The van der Waals surface area contributed by atoms with Gasteiger partial charge in [0.15, 0.2) is 0 Å². The van der Waals surface area contributed by atoms with Crippen LogP contribution in [0.4, 0.5) is 5.69 Å². The van der Waals surface area contributed by atoms with Crippen LogP contribution in [0.2, 0.25) is 0 Å². The number of hydrogen-bond donors (Lipinski definition) is 1. The molecule has 4 saturated carbocycles. The van der Waals surface area contributed by atoms with Gasteiger partial charge in [0.05, 0.1) is 0 Å². The first-order chi connectivity index (χ1) is 9.21. The summed E-state index contributed by atoms with van der Waals surface area (Å²) in [5.41, 5.74) is 8.52. The number of rotatable bonds is 2. The summed E-state index contributed by atoms with van der Waals surface area (Å²) in [6, 6.07) is 8.25. The first-order valence-electron chi connectivity index (χ1n) is 7.76. The van der Waals surface area contributed by atoms with Crippen LogP contribution in [-0.4, -0.2) is 0 Å². The van der Waals surface area contributed by atoms with Crippen molar-refractivity contribution >= 4 is 11.8 Å². The SMILES string of the molecule is Nc1cccc(/C=C/C23CC4CC(CC(C4)C2)C3)c1. The van der Waals surface area contributed by atoms with Crippen molar-refractivity contribution in [2.24, 2.45) is 23.2 Å². The van der Waals surface area contributed by atoms with Gasteiger partial charge in [0.25, 0.3) is 0 Å². The summed E-state index contributed by atoms with van der Waals surface area (Å²) in [5, 5.41) is 0. The second-order valence-corrected chi connectivity index (χ2v) is 7.28. The fourth-order valence-corrected chi connectivity index (χ4v) is 5.32. The van der Waals surface area contributed by atoms with Gasteiger partial charge < -0.3 is 5.73 Å². The molecule has 0 radical (unpaired) electrons. The van der Waals surface area contributed by atoms with Crippen molar-refractivity contribution in [2.75, 3.05) is 5.73 Å². The summed E-state index contributed by atoms with van der Waals surface area (Å²) >= 11 is 0. The van der Waals surface area contributed by atoms with Gasteiger partial charge >= 0.3 is 0 Å². The van der Waals surface area contributed by atoms with Gasteiger partial charge in [-0.2, -0.15) is 0 Å². The van der Waals surface area contributed by atoms with Gasteiger partial charge in [0.2, 0.25) is 0 Å². The zero-order chi connectivity index (χ0) is 12.9. The minimum atomic E-state index is 0.527. The van der Waals surface area contributed by atoms with Gasteiger partial charge in [-0.3, -0.25) is 0 Å². The van der Waals surface area contributed by atoms with E-state index < -0.39 is 0 Å². The number of hydrogen-bond acceptors (Lipinski definition) is 1.